The molecule has 0 atom stereocenters. The highest BCUT2D eigenvalue weighted by atomic mass is 79.9. The molecular weight excluding hydrogens is 364 g/mol. The minimum Gasteiger partial charge on any atom is -0.475 e. The molecule has 7 nitrogen and oxygen atoms in total. The summed E-state index contributed by atoms with van der Waals surface area (Å²) in [7, 11) is -4.01. The zero-order valence-electron chi connectivity index (χ0n) is 10.2. The molecule has 2 N–H and O–H groups in total. The summed E-state index contributed by atoms with van der Waals surface area (Å²) in [4.78, 5) is 10.4. The van der Waals surface area contributed by atoms with Crippen LogP contribution in [0.1, 0.15) is 16.1 Å². The Kier molecular flexibility index (Phi) is 4.02. The molecule has 0 amide bonds. The number of nitrogens with one attached hydrogen (secondary N) is 1. The van der Waals surface area contributed by atoms with Gasteiger partial charge in [-0.15, -0.1) is 0 Å². The monoisotopic (exact) mass is 370 g/mol. The number of carboxylic acids is 1. The lowest BCUT2D eigenvalue weighted by Crippen LogP contribution is -2.12. The average molecular weight is 371 g/mol. The second-order valence-electron chi connectivity index (χ2n) is 3.85. The fourth-order valence-corrected chi connectivity index (χ4v) is 3.46. The van der Waals surface area contributed by atoms with E-state index in [0.717, 1.165) is 6.07 Å². The first kappa shape index (κ1) is 15.1. The van der Waals surface area contributed by atoms with Crippen molar-refractivity contribution in [1.82, 2.24) is 0 Å². The second kappa shape index (κ2) is 5.59. The molecule has 0 bridgehead atoms. The van der Waals surface area contributed by atoms with Crippen molar-refractivity contribution in [2.24, 2.45) is 0 Å². The first-order chi connectivity index (χ1) is 9.83. The Hall–Kier alpha value is -2.31. The van der Waals surface area contributed by atoms with Crippen LogP contribution < -0.4 is 4.72 Å². The molecule has 2 aromatic rings. The maximum atomic E-state index is 12.2. The summed E-state index contributed by atoms with van der Waals surface area (Å²) >= 11 is 2.87. The van der Waals surface area contributed by atoms with Gasteiger partial charge in [-0.1, -0.05) is 0 Å². The molecule has 2 rings (SSSR count). The predicted octanol–water partition coefficient (Wildman–Crippen LogP) is 2.41. The van der Waals surface area contributed by atoms with Crippen molar-refractivity contribution in [3.63, 3.8) is 0 Å². The Bertz CT molecular complexity index is 834. The third-order valence-electron chi connectivity index (χ3n) is 2.42. The van der Waals surface area contributed by atoms with Crippen molar-refractivity contribution in [3.8, 4) is 6.07 Å². The van der Waals surface area contributed by atoms with Crippen LogP contribution in [0.2, 0.25) is 0 Å². The molecule has 9 heteroatoms. The van der Waals surface area contributed by atoms with E-state index in [4.69, 9.17) is 14.8 Å². The summed E-state index contributed by atoms with van der Waals surface area (Å²) < 4.78 is 31.2. The van der Waals surface area contributed by atoms with Gasteiger partial charge in [-0.3, -0.25) is 4.72 Å². The summed E-state index contributed by atoms with van der Waals surface area (Å²) in [5.74, 6) is -1.88. The van der Waals surface area contributed by atoms with E-state index < -0.39 is 21.8 Å². The Balaban J connectivity index is 2.33. The minimum absolute atomic E-state index is 0.207. The summed E-state index contributed by atoms with van der Waals surface area (Å²) in [5, 5.41) is 17.4. The Labute approximate surface area is 128 Å². The number of furan rings is 1. The molecule has 0 saturated carbocycles. The molecule has 0 aliphatic heterocycles. The molecule has 0 fully saturated rings. The highest BCUT2D eigenvalue weighted by Crippen LogP contribution is 2.28. The van der Waals surface area contributed by atoms with Gasteiger partial charge in [0.1, 0.15) is 4.90 Å². The number of carboxylic acid groups (broad SMARTS) is 1. The maximum Gasteiger partial charge on any atom is 0.371 e. The number of rotatable bonds is 4. The molecule has 0 radical (unpaired) electrons. The van der Waals surface area contributed by atoms with Crippen LogP contribution in [0.4, 0.5) is 5.69 Å². The zero-order valence-corrected chi connectivity index (χ0v) is 12.6. The largest absolute Gasteiger partial charge is 0.475 e. The van der Waals surface area contributed by atoms with Crippen molar-refractivity contribution < 1.29 is 22.7 Å². The van der Waals surface area contributed by atoms with E-state index in [2.05, 4.69) is 20.7 Å². The lowest BCUT2D eigenvalue weighted by atomic mass is 10.2. The summed E-state index contributed by atoms with van der Waals surface area (Å²) in [5.41, 5.74) is 0.620. The highest BCUT2D eigenvalue weighted by molar-refractivity contribution is 9.10. The number of benzene rings is 1. The van der Waals surface area contributed by atoms with E-state index in [9.17, 15) is 13.2 Å². The molecule has 1 aromatic heterocycles. The van der Waals surface area contributed by atoms with Crippen LogP contribution in [0.3, 0.4) is 0 Å². The fourth-order valence-electron chi connectivity index (χ4n) is 1.46. The van der Waals surface area contributed by atoms with Crippen molar-refractivity contribution in [3.05, 3.63) is 46.3 Å². The number of anilines is 1. The van der Waals surface area contributed by atoms with Gasteiger partial charge in [0, 0.05) is 11.8 Å². The second-order valence-corrected chi connectivity index (χ2v) is 6.22. The van der Waals surface area contributed by atoms with Crippen molar-refractivity contribution in [2.75, 3.05) is 4.72 Å². The lowest BCUT2D eigenvalue weighted by molar-refractivity contribution is 0.0661. The number of sulfonamides is 1. The van der Waals surface area contributed by atoms with E-state index >= 15 is 0 Å². The van der Waals surface area contributed by atoms with Gasteiger partial charge < -0.3 is 9.52 Å². The van der Waals surface area contributed by atoms with Gasteiger partial charge in [0.15, 0.2) is 4.67 Å². The normalized spacial score (nSPS) is 10.9. The zero-order chi connectivity index (χ0) is 15.6. The van der Waals surface area contributed by atoms with E-state index in [-0.39, 0.29) is 15.3 Å². The Morgan fingerprint density at radius 2 is 1.95 bits per heavy atom. The number of nitrogens with zero attached hydrogens (tertiary/aromatic N) is 1. The Morgan fingerprint density at radius 3 is 2.43 bits per heavy atom. The number of aromatic carboxylic acids is 1. The highest BCUT2D eigenvalue weighted by Gasteiger charge is 2.24. The van der Waals surface area contributed by atoms with Gasteiger partial charge in [-0.25, -0.2) is 13.2 Å². The maximum absolute atomic E-state index is 12.2. The van der Waals surface area contributed by atoms with Gasteiger partial charge in [0.05, 0.1) is 11.6 Å². The SMILES string of the molecule is N#Cc1ccc(NS(=O)(=O)c2cc(C(=O)O)oc2Br)cc1. The molecule has 0 spiro atoms. The van der Waals surface area contributed by atoms with Gasteiger partial charge in [0.2, 0.25) is 5.76 Å². The Morgan fingerprint density at radius 1 is 1.33 bits per heavy atom. The van der Waals surface area contributed by atoms with Crippen molar-refractivity contribution in [2.45, 2.75) is 4.90 Å². The van der Waals surface area contributed by atoms with Gasteiger partial charge in [-0.2, -0.15) is 5.26 Å². The molecule has 0 unspecified atom stereocenters. The first-order valence-electron chi connectivity index (χ1n) is 5.39. The molecule has 1 heterocycles. The van der Waals surface area contributed by atoms with Gasteiger partial charge >= 0.3 is 5.97 Å². The van der Waals surface area contributed by atoms with E-state index in [0.29, 0.717) is 5.56 Å². The van der Waals surface area contributed by atoms with E-state index in [1.165, 1.54) is 24.3 Å². The number of nitriles is 1. The number of halogens is 1. The van der Waals surface area contributed by atoms with E-state index in [1.54, 1.807) is 0 Å². The summed E-state index contributed by atoms with van der Waals surface area (Å²) in [6.45, 7) is 0. The lowest BCUT2D eigenvalue weighted by Gasteiger charge is -2.06. The van der Waals surface area contributed by atoms with Crippen LogP contribution in [-0.4, -0.2) is 19.5 Å². The number of carbonyl (C=O) groups is 1. The molecular formula is C12H7BrN2O5S. The van der Waals surface area contributed by atoms with E-state index in [1.807, 2.05) is 6.07 Å². The smallest absolute Gasteiger partial charge is 0.371 e. The van der Waals surface area contributed by atoms with Crippen LogP contribution in [0.15, 0.2) is 44.3 Å². The molecule has 1 aromatic carbocycles. The fraction of sp³-hybridized carbons (Fsp3) is 0. The van der Waals surface area contributed by atoms with Crippen LogP contribution in [-0.2, 0) is 10.0 Å². The summed E-state index contributed by atoms with van der Waals surface area (Å²) in [6.07, 6.45) is 0. The van der Waals surface area contributed by atoms with Crippen molar-refractivity contribution >= 4 is 37.6 Å². The molecule has 21 heavy (non-hydrogen) atoms. The van der Waals surface area contributed by atoms with Gasteiger partial charge in [-0.05, 0) is 40.2 Å². The number of hydrogen-bond donors (Lipinski definition) is 2. The van der Waals surface area contributed by atoms with Gasteiger partial charge in [0.25, 0.3) is 10.0 Å². The topological polar surface area (TPSA) is 120 Å². The number of hydrogen-bond acceptors (Lipinski definition) is 5. The minimum atomic E-state index is -4.01. The van der Waals surface area contributed by atoms with Crippen molar-refractivity contribution in [1.29, 1.82) is 5.26 Å². The van der Waals surface area contributed by atoms with Crippen LogP contribution in [0, 0.1) is 11.3 Å². The molecule has 0 aliphatic rings. The molecule has 0 aliphatic carbocycles. The first-order valence-corrected chi connectivity index (χ1v) is 7.67. The van der Waals surface area contributed by atoms with Crippen LogP contribution >= 0.6 is 15.9 Å². The third-order valence-corrected chi connectivity index (χ3v) is 4.66. The third kappa shape index (κ3) is 3.24. The standard InChI is InChI=1S/C12H7BrN2O5S/c13-11-10(5-9(20-11)12(16)17)21(18,19)15-8-3-1-7(6-14)2-4-8/h1-5,15H,(H,16,17). The quantitative estimate of drug-likeness (QED) is 0.852. The predicted molar refractivity (Wildman–Crippen MR) is 75.3 cm³/mol. The molecule has 0 saturated heterocycles. The average Bonchev–Trinajstić information content (AvgIpc) is 2.82. The summed E-state index contributed by atoms with van der Waals surface area (Å²) in [6, 6.07) is 8.55. The molecule has 108 valence electrons. The van der Waals surface area contributed by atoms with Crippen LogP contribution in [0.25, 0.3) is 0 Å². The van der Waals surface area contributed by atoms with Crippen LogP contribution in [0.5, 0.6) is 0 Å².